The predicted octanol–water partition coefficient (Wildman–Crippen LogP) is 4.73. The van der Waals surface area contributed by atoms with Crippen LogP contribution in [0.15, 0.2) is 97.1 Å². The highest BCUT2D eigenvalue weighted by molar-refractivity contribution is 6.26. The molecular weight excluding hydrogens is 540 g/mol. The molecule has 0 unspecified atom stereocenters. The average molecular weight is 556 g/mol. The molecule has 4 amide bonds. The summed E-state index contributed by atoms with van der Waals surface area (Å²) in [7, 11) is 0. The first-order valence-electron chi connectivity index (χ1n) is 12.7. The summed E-state index contributed by atoms with van der Waals surface area (Å²) in [6, 6.07) is 24.8. The lowest BCUT2D eigenvalue weighted by Crippen LogP contribution is -2.42. The van der Waals surface area contributed by atoms with Crippen molar-refractivity contribution in [2.75, 3.05) is 0 Å². The maximum Gasteiger partial charge on any atom is 0.363 e. The van der Waals surface area contributed by atoms with Gasteiger partial charge in [0.25, 0.3) is 23.6 Å². The van der Waals surface area contributed by atoms with Crippen molar-refractivity contribution in [3.63, 3.8) is 0 Å². The molecule has 5 aromatic carbocycles. The Balaban J connectivity index is 1.12. The summed E-state index contributed by atoms with van der Waals surface area (Å²) in [4.78, 5) is 88.8. The highest BCUT2D eigenvalue weighted by Crippen LogP contribution is 2.32. The van der Waals surface area contributed by atoms with Crippen LogP contribution < -0.4 is 0 Å². The maximum absolute atomic E-state index is 13.1. The molecule has 10 nitrogen and oxygen atoms in total. The molecule has 2 aliphatic heterocycles. The van der Waals surface area contributed by atoms with Crippen LogP contribution in [0.25, 0.3) is 21.5 Å². The second-order valence-electron chi connectivity index (χ2n) is 9.57. The van der Waals surface area contributed by atoms with E-state index in [1.165, 1.54) is 42.5 Å². The van der Waals surface area contributed by atoms with Gasteiger partial charge in [0.1, 0.15) is 0 Å². The molecule has 0 aromatic heterocycles. The Labute approximate surface area is 236 Å². The van der Waals surface area contributed by atoms with Gasteiger partial charge in [0, 0.05) is 10.8 Å². The Morgan fingerprint density at radius 2 is 0.762 bits per heavy atom. The van der Waals surface area contributed by atoms with Crippen LogP contribution in [0.4, 0.5) is 0 Å². The fourth-order valence-corrected chi connectivity index (χ4v) is 5.23. The van der Waals surface area contributed by atoms with E-state index in [4.69, 9.17) is 9.68 Å². The molecule has 0 bridgehead atoms. The smallest absolute Gasteiger partial charge is 0.324 e. The molecule has 0 saturated carbocycles. The Bertz CT molecular complexity index is 1840. The van der Waals surface area contributed by atoms with Gasteiger partial charge in [-0.05, 0) is 53.2 Å². The third-order valence-electron chi connectivity index (χ3n) is 7.15. The van der Waals surface area contributed by atoms with Crippen LogP contribution in [0.2, 0.25) is 0 Å². The van der Waals surface area contributed by atoms with Gasteiger partial charge in [-0.25, -0.2) is 9.59 Å². The van der Waals surface area contributed by atoms with Gasteiger partial charge < -0.3 is 9.68 Å². The van der Waals surface area contributed by atoms with Gasteiger partial charge in [-0.15, -0.1) is 0 Å². The summed E-state index contributed by atoms with van der Waals surface area (Å²) in [6.45, 7) is 0. The lowest BCUT2D eigenvalue weighted by Gasteiger charge is -2.25. The Morgan fingerprint density at radius 1 is 0.452 bits per heavy atom. The largest absolute Gasteiger partial charge is 0.363 e. The molecule has 0 atom stereocenters. The Morgan fingerprint density at radius 3 is 1.10 bits per heavy atom. The van der Waals surface area contributed by atoms with E-state index >= 15 is 0 Å². The molecule has 2 aliphatic rings. The number of nitrogens with zero attached hydrogens (tertiary/aromatic N) is 2. The van der Waals surface area contributed by atoms with Crippen molar-refractivity contribution in [1.82, 2.24) is 10.1 Å². The van der Waals surface area contributed by atoms with Crippen LogP contribution in [0.1, 0.15) is 62.1 Å². The van der Waals surface area contributed by atoms with Gasteiger partial charge in [-0.2, -0.15) is 0 Å². The van der Waals surface area contributed by atoms with E-state index in [-0.39, 0.29) is 33.4 Å². The van der Waals surface area contributed by atoms with Gasteiger partial charge >= 0.3 is 11.9 Å². The molecule has 5 aromatic rings. The molecule has 0 spiro atoms. The highest BCUT2D eigenvalue weighted by Gasteiger charge is 2.38. The van der Waals surface area contributed by atoms with Crippen molar-refractivity contribution in [3.8, 4) is 0 Å². The zero-order valence-corrected chi connectivity index (χ0v) is 21.4. The molecule has 42 heavy (non-hydrogen) atoms. The number of hydroxylamine groups is 4. The molecular formula is C32H16N2O8. The van der Waals surface area contributed by atoms with E-state index in [0.717, 1.165) is 6.07 Å². The second-order valence-corrected chi connectivity index (χ2v) is 9.57. The molecule has 202 valence electrons. The van der Waals surface area contributed by atoms with E-state index in [9.17, 15) is 28.8 Å². The van der Waals surface area contributed by atoms with Gasteiger partial charge in [-0.1, -0.05) is 64.7 Å². The standard InChI is InChI=1S/C32H16N2O8/c35-27-21-12-2-6-17-7-3-13-22(25(17)21)28(36)33(27)41-31(39)19-10-1-11-20(16-19)32(40)42-34-29(37)23-14-4-8-18-9-5-15-24(26(18)23)30(34)38/h1-16H. The molecule has 2 heterocycles. The summed E-state index contributed by atoms with van der Waals surface area (Å²) in [5.41, 5.74) is 0.408. The van der Waals surface area contributed by atoms with Crippen molar-refractivity contribution in [2.24, 2.45) is 0 Å². The van der Waals surface area contributed by atoms with Gasteiger partial charge in [-0.3, -0.25) is 19.2 Å². The third-order valence-corrected chi connectivity index (χ3v) is 7.15. The van der Waals surface area contributed by atoms with Crippen molar-refractivity contribution in [1.29, 1.82) is 0 Å². The first kappa shape index (κ1) is 24.9. The van der Waals surface area contributed by atoms with Gasteiger partial charge in [0.2, 0.25) is 0 Å². The number of imide groups is 2. The topological polar surface area (TPSA) is 127 Å². The lowest BCUT2D eigenvalue weighted by molar-refractivity contribution is -0.0627. The van der Waals surface area contributed by atoms with E-state index < -0.39 is 35.6 Å². The van der Waals surface area contributed by atoms with Crippen molar-refractivity contribution in [2.45, 2.75) is 0 Å². The summed E-state index contributed by atoms with van der Waals surface area (Å²) >= 11 is 0. The first-order chi connectivity index (χ1) is 20.3. The van der Waals surface area contributed by atoms with Crippen molar-refractivity contribution < 1.29 is 38.4 Å². The van der Waals surface area contributed by atoms with Crippen LogP contribution in [-0.4, -0.2) is 45.7 Å². The minimum Gasteiger partial charge on any atom is -0.324 e. The predicted molar refractivity (Wildman–Crippen MR) is 146 cm³/mol. The number of hydrogen-bond acceptors (Lipinski definition) is 8. The zero-order valence-electron chi connectivity index (χ0n) is 21.4. The third kappa shape index (κ3) is 3.66. The Kier molecular flexibility index (Phi) is 5.45. The molecule has 0 radical (unpaired) electrons. The monoisotopic (exact) mass is 556 g/mol. The quantitative estimate of drug-likeness (QED) is 0.291. The van der Waals surface area contributed by atoms with E-state index in [2.05, 4.69) is 0 Å². The van der Waals surface area contributed by atoms with E-state index in [1.807, 2.05) is 0 Å². The number of benzene rings is 5. The minimum atomic E-state index is -1.09. The number of carbonyl (C=O) groups excluding carboxylic acids is 6. The number of amides is 4. The van der Waals surface area contributed by atoms with Crippen LogP contribution in [0, 0.1) is 0 Å². The normalized spacial score (nSPS) is 14.0. The Hall–Kier alpha value is -6.16. The van der Waals surface area contributed by atoms with Crippen LogP contribution >= 0.6 is 0 Å². The molecule has 0 N–H and O–H groups in total. The van der Waals surface area contributed by atoms with Crippen LogP contribution in [0.5, 0.6) is 0 Å². The molecule has 0 fully saturated rings. The van der Waals surface area contributed by atoms with Crippen LogP contribution in [-0.2, 0) is 9.68 Å². The number of carbonyl (C=O) groups is 6. The summed E-state index contributed by atoms with van der Waals surface area (Å²) < 4.78 is 0. The molecule has 0 aliphatic carbocycles. The van der Waals surface area contributed by atoms with Gasteiger partial charge in [0.05, 0.1) is 33.4 Å². The highest BCUT2D eigenvalue weighted by atomic mass is 16.7. The second kappa shape index (κ2) is 9.20. The fourth-order valence-electron chi connectivity index (χ4n) is 5.23. The first-order valence-corrected chi connectivity index (χ1v) is 12.7. The molecule has 7 rings (SSSR count). The molecule has 10 heteroatoms. The van der Waals surface area contributed by atoms with Crippen molar-refractivity contribution >= 4 is 57.1 Å². The maximum atomic E-state index is 13.1. The van der Waals surface area contributed by atoms with E-state index in [0.29, 0.717) is 31.7 Å². The van der Waals surface area contributed by atoms with Crippen molar-refractivity contribution in [3.05, 3.63) is 130 Å². The minimum absolute atomic E-state index is 0.187. The molecule has 0 saturated heterocycles. The van der Waals surface area contributed by atoms with Crippen LogP contribution in [0.3, 0.4) is 0 Å². The average Bonchev–Trinajstić information content (AvgIpc) is 3.02. The van der Waals surface area contributed by atoms with E-state index in [1.54, 1.807) is 48.5 Å². The summed E-state index contributed by atoms with van der Waals surface area (Å²) in [6.07, 6.45) is 0. The SMILES string of the molecule is O=C(ON1C(=O)c2cccc3cccc(c23)C1=O)c1cccc(C(=O)ON2C(=O)c3cccc4cccc(c34)C2=O)c1. The summed E-state index contributed by atoms with van der Waals surface area (Å²) in [5, 5.41) is 3.08. The lowest BCUT2D eigenvalue weighted by atomic mass is 9.95. The zero-order chi connectivity index (χ0) is 29.1. The summed E-state index contributed by atoms with van der Waals surface area (Å²) in [5.74, 6) is -5.44. The van der Waals surface area contributed by atoms with Gasteiger partial charge in [0.15, 0.2) is 0 Å². The number of hydrogen-bond donors (Lipinski definition) is 0. The fraction of sp³-hybridized carbons (Fsp3) is 0. The number of rotatable bonds is 4.